The van der Waals surface area contributed by atoms with E-state index in [1.165, 1.54) is 24.1 Å². The molecular weight excluding hydrogens is 272 g/mol. The third kappa shape index (κ3) is 7.43. The van der Waals surface area contributed by atoms with Crippen LogP contribution < -0.4 is 16.0 Å². The summed E-state index contributed by atoms with van der Waals surface area (Å²) in [5.41, 5.74) is 2.54. The Balaban J connectivity index is 5.07. The van der Waals surface area contributed by atoms with Gasteiger partial charge >= 0.3 is 0 Å². The van der Waals surface area contributed by atoms with Crippen molar-refractivity contribution in [2.75, 3.05) is 27.3 Å². The molecular formula is C18H39N4+. The zero-order chi connectivity index (χ0) is 17.2. The van der Waals surface area contributed by atoms with Crippen LogP contribution in [-0.2, 0) is 0 Å². The molecule has 0 aromatic heterocycles. The van der Waals surface area contributed by atoms with E-state index in [0.29, 0.717) is 12.2 Å². The van der Waals surface area contributed by atoms with Crippen molar-refractivity contribution in [3.8, 4) is 0 Å². The molecule has 0 heterocycles. The van der Waals surface area contributed by atoms with Gasteiger partial charge < -0.3 is 5.32 Å². The molecule has 0 saturated carbocycles. The maximum Gasteiger partial charge on any atom is 0.151 e. The summed E-state index contributed by atoms with van der Waals surface area (Å²) in [6, 6.07) is 0.473. The van der Waals surface area contributed by atoms with Crippen LogP contribution in [0.25, 0.3) is 0 Å². The average Bonchev–Trinajstić information content (AvgIpc) is 2.44. The lowest BCUT2D eigenvalue weighted by Gasteiger charge is -2.42. The first-order valence-corrected chi connectivity index (χ1v) is 8.58. The van der Waals surface area contributed by atoms with Gasteiger partial charge in [0.1, 0.15) is 12.4 Å². The number of nitrogens with one attached hydrogen (secondary N) is 3. The van der Waals surface area contributed by atoms with Crippen LogP contribution in [0.3, 0.4) is 0 Å². The van der Waals surface area contributed by atoms with E-state index in [4.69, 9.17) is 0 Å². The van der Waals surface area contributed by atoms with Gasteiger partial charge in [-0.25, -0.2) is 0 Å². The van der Waals surface area contributed by atoms with E-state index in [1.807, 2.05) is 7.05 Å². The van der Waals surface area contributed by atoms with E-state index in [-0.39, 0.29) is 0 Å². The Morgan fingerprint density at radius 2 is 1.91 bits per heavy atom. The lowest BCUT2D eigenvalue weighted by molar-refractivity contribution is -0.903. The van der Waals surface area contributed by atoms with Crippen molar-refractivity contribution in [1.29, 1.82) is 0 Å². The molecule has 4 heteroatoms. The molecule has 0 fully saturated rings. The lowest BCUT2D eigenvalue weighted by atomic mass is 10.1. The van der Waals surface area contributed by atoms with Crippen LogP contribution >= 0.6 is 0 Å². The first-order chi connectivity index (χ1) is 10.3. The van der Waals surface area contributed by atoms with Crippen LogP contribution in [0.5, 0.6) is 0 Å². The Bertz CT molecular complexity index is 349. The second-order valence-corrected chi connectivity index (χ2v) is 6.85. The van der Waals surface area contributed by atoms with E-state index < -0.39 is 0 Å². The van der Waals surface area contributed by atoms with Gasteiger partial charge in [-0.2, -0.15) is 0 Å². The third-order valence-electron chi connectivity index (χ3n) is 4.14. The quantitative estimate of drug-likeness (QED) is 0.294. The summed E-state index contributed by atoms with van der Waals surface area (Å²) >= 11 is 0. The number of rotatable bonds is 12. The summed E-state index contributed by atoms with van der Waals surface area (Å²) in [5, 5.41) is 10.5. The Morgan fingerprint density at radius 1 is 1.27 bits per heavy atom. The van der Waals surface area contributed by atoms with Crippen LogP contribution in [0.4, 0.5) is 0 Å². The predicted octanol–water partition coefficient (Wildman–Crippen LogP) is 3.15. The predicted molar refractivity (Wildman–Crippen MR) is 98.3 cm³/mol. The van der Waals surface area contributed by atoms with E-state index in [9.17, 15) is 0 Å². The summed E-state index contributed by atoms with van der Waals surface area (Å²) in [5.74, 6) is 0. The van der Waals surface area contributed by atoms with Crippen LogP contribution in [0.15, 0.2) is 24.0 Å². The highest BCUT2D eigenvalue weighted by molar-refractivity contribution is 4.99. The molecule has 0 aliphatic rings. The average molecular weight is 312 g/mol. The summed E-state index contributed by atoms with van der Waals surface area (Å²) in [7, 11) is 4.26. The minimum atomic E-state index is 0.335. The molecule has 4 nitrogen and oxygen atoms in total. The second kappa shape index (κ2) is 10.8. The second-order valence-electron chi connectivity index (χ2n) is 6.85. The molecule has 0 spiro atoms. The van der Waals surface area contributed by atoms with Gasteiger partial charge in [0.05, 0.1) is 7.05 Å². The molecule has 3 N–H and O–H groups in total. The number of quaternary nitrogens is 1. The summed E-state index contributed by atoms with van der Waals surface area (Å²) < 4.78 is 0.799. The molecule has 0 amide bonds. The van der Waals surface area contributed by atoms with Gasteiger partial charge in [-0.3, -0.25) is 15.1 Å². The third-order valence-corrected chi connectivity index (χ3v) is 4.14. The summed E-state index contributed by atoms with van der Waals surface area (Å²) in [6.45, 7) is 17.0. The zero-order valence-electron chi connectivity index (χ0n) is 15.9. The highest BCUT2D eigenvalue weighted by Gasteiger charge is 2.33. The van der Waals surface area contributed by atoms with E-state index >= 15 is 0 Å². The van der Waals surface area contributed by atoms with Crippen LogP contribution in [-0.4, -0.2) is 44.0 Å². The Kier molecular flexibility index (Phi) is 10.4. The van der Waals surface area contributed by atoms with Crippen molar-refractivity contribution in [2.24, 2.45) is 0 Å². The fourth-order valence-corrected chi connectivity index (χ4v) is 2.43. The van der Waals surface area contributed by atoms with Crippen molar-refractivity contribution in [3.63, 3.8) is 0 Å². The zero-order valence-corrected chi connectivity index (χ0v) is 15.9. The maximum atomic E-state index is 4.23. The smallest absolute Gasteiger partial charge is 0.151 e. The van der Waals surface area contributed by atoms with Gasteiger partial charge in [0.15, 0.2) is 6.17 Å². The van der Waals surface area contributed by atoms with Crippen molar-refractivity contribution >= 4 is 0 Å². The molecule has 0 aromatic carbocycles. The Labute approximate surface area is 138 Å². The van der Waals surface area contributed by atoms with Crippen LogP contribution in [0.1, 0.15) is 53.9 Å². The van der Waals surface area contributed by atoms with Gasteiger partial charge in [-0.15, -0.1) is 0 Å². The van der Waals surface area contributed by atoms with Crippen LogP contribution in [0.2, 0.25) is 0 Å². The fourth-order valence-electron chi connectivity index (χ4n) is 2.43. The Morgan fingerprint density at radius 3 is 2.36 bits per heavy atom. The van der Waals surface area contributed by atoms with E-state index in [0.717, 1.165) is 24.1 Å². The van der Waals surface area contributed by atoms with Crippen molar-refractivity contribution in [2.45, 2.75) is 66.1 Å². The number of nitrogens with zero attached hydrogens (tertiary/aromatic N) is 1. The van der Waals surface area contributed by atoms with Gasteiger partial charge in [-0.1, -0.05) is 18.9 Å². The Hall–Kier alpha value is -0.840. The largest absolute Gasteiger partial charge is 0.389 e. The normalized spacial score (nSPS) is 16.5. The topological polar surface area (TPSA) is 36.1 Å². The molecule has 0 saturated heterocycles. The van der Waals surface area contributed by atoms with Crippen molar-refractivity contribution in [1.82, 2.24) is 16.0 Å². The highest BCUT2D eigenvalue weighted by atomic mass is 15.5. The molecule has 0 aliphatic heterocycles. The lowest BCUT2D eigenvalue weighted by Crippen LogP contribution is -2.60. The summed E-state index contributed by atoms with van der Waals surface area (Å²) in [4.78, 5) is 0. The SMILES string of the molecule is C=C(C)[N+](C)(CNC)C(C/C(C)=C\NC(C)C)NCCCC. The molecule has 0 rings (SSSR count). The molecule has 22 heavy (non-hydrogen) atoms. The van der Waals surface area contributed by atoms with E-state index in [2.05, 4.69) is 70.4 Å². The van der Waals surface area contributed by atoms with Gasteiger partial charge in [0.25, 0.3) is 0 Å². The molecule has 0 aromatic rings. The van der Waals surface area contributed by atoms with Crippen LogP contribution in [0, 0.1) is 0 Å². The van der Waals surface area contributed by atoms with Gasteiger partial charge in [0, 0.05) is 25.9 Å². The number of hydrogen-bond acceptors (Lipinski definition) is 3. The first kappa shape index (κ1) is 21.2. The molecule has 2 unspecified atom stereocenters. The monoisotopic (exact) mass is 311 g/mol. The maximum absolute atomic E-state index is 4.23. The minimum Gasteiger partial charge on any atom is -0.389 e. The summed E-state index contributed by atoms with van der Waals surface area (Å²) in [6.07, 6.45) is 5.92. The van der Waals surface area contributed by atoms with Gasteiger partial charge in [-0.05, 0) is 47.0 Å². The highest BCUT2D eigenvalue weighted by Crippen LogP contribution is 2.21. The molecule has 0 aliphatic carbocycles. The molecule has 130 valence electrons. The molecule has 2 atom stereocenters. The fraction of sp³-hybridized carbons (Fsp3) is 0.778. The minimum absolute atomic E-state index is 0.335. The standard InChI is InChI=1S/C18H39N4/c1-9-10-11-20-18(12-17(6)13-21-15(2)3)22(8,14-19-7)16(4)5/h13,15,18-21H,4,9-12,14H2,1-3,5-8H3/q+1/b17-13-. The number of allylic oxidation sites excluding steroid dienone is 1. The number of unbranched alkanes of at least 4 members (excludes halogenated alkanes) is 1. The molecule has 0 bridgehead atoms. The van der Waals surface area contributed by atoms with Crippen molar-refractivity contribution in [3.05, 3.63) is 24.0 Å². The molecule has 0 radical (unpaired) electrons. The first-order valence-electron chi connectivity index (χ1n) is 8.58. The van der Waals surface area contributed by atoms with Gasteiger partial charge in [0.2, 0.25) is 0 Å². The van der Waals surface area contributed by atoms with Crippen molar-refractivity contribution < 1.29 is 4.48 Å². The van der Waals surface area contributed by atoms with E-state index in [1.54, 1.807) is 0 Å². The number of hydrogen-bond donors (Lipinski definition) is 3.